The highest BCUT2D eigenvalue weighted by Crippen LogP contribution is 2.13. The molecule has 0 aliphatic carbocycles. The number of aromatic nitrogens is 1. The molecular formula is C12H11F3N2O2. The van der Waals surface area contributed by atoms with E-state index in [-0.39, 0.29) is 19.8 Å². The molecule has 0 atom stereocenters. The second-order valence-corrected chi connectivity index (χ2v) is 3.50. The van der Waals surface area contributed by atoms with Crippen LogP contribution in [0.25, 0.3) is 0 Å². The molecule has 1 rings (SSSR count). The maximum atomic E-state index is 11.8. The van der Waals surface area contributed by atoms with Gasteiger partial charge in [0.2, 0.25) is 0 Å². The van der Waals surface area contributed by atoms with Crippen LogP contribution in [0, 0.1) is 12.3 Å². The lowest BCUT2D eigenvalue weighted by Gasteiger charge is -2.08. The van der Waals surface area contributed by atoms with Gasteiger partial charge in [0.05, 0.1) is 13.2 Å². The Morgan fingerprint density at radius 2 is 2.21 bits per heavy atom. The summed E-state index contributed by atoms with van der Waals surface area (Å²) >= 11 is 0. The second-order valence-electron chi connectivity index (χ2n) is 3.50. The van der Waals surface area contributed by atoms with Gasteiger partial charge in [0.15, 0.2) is 0 Å². The topological polar surface area (TPSA) is 51.2 Å². The molecule has 0 aliphatic heterocycles. The van der Waals surface area contributed by atoms with Gasteiger partial charge >= 0.3 is 12.1 Å². The summed E-state index contributed by atoms with van der Waals surface area (Å²) in [4.78, 5) is 14.4. The zero-order valence-corrected chi connectivity index (χ0v) is 9.83. The first-order chi connectivity index (χ1) is 8.93. The Balaban J connectivity index is 2.21. The van der Waals surface area contributed by atoms with Crippen LogP contribution >= 0.6 is 0 Å². The van der Waals surface area contributed by atoms with Crippen molar-refractivity contribution in [1.29, 1.82) is 0 Å². The SMILES string of the molecule is C#Cc1ccc(COCCNC(=O)C(F)(F)F)cn1. The third-order valence-corrected chi connectivity index (χ3v) is 2.03. The first-order valence-corrected chi connectivity index (χ1v) is 5.28. The molecule has 0 saturated heterocycles. The van der Waals surface area contributed by atoms with Gasteiger partial charge in [-0.25, -0.2) is 4.98 Å². The lowest BCUT2D eigenvalue weighted by atomic mass is 10.2. The predicted octanol–water partition coefficient (Wildman–Crippen LogP) is 1.26. The third kappa shape index (κ3) is 5.40. The Morgan fingerprint density at radius 1 is 1.47 bits per heavy atom. The molecule has 4 nitrogen and oxygen atoms in total. The van der Waals surface area contributed by atoms with E-state index in [1.54, 1.807) is 17.4 Å². The monoisotopic (exact) mass is 272 g/mol. The predicted molar refractivity (Wildman–Crippen MR) is 60.9 cm³/mol. The van der Waals surface area contributed by atoms with Crippen LogP contribution in [0.2, 0.25) is 0 Å². The van der Waals surface area contributed by atoms with Crippen molar-refractivity contribution in [2.75, 3.05) is 13.2 Å². The Kier molecular flexibility index (Phi) is 5.33. The fourth-order valence-electron chi connectivity index (χ4n) is 1.12. The van der Waals surface area contributed by atoms with Gasteiger partial charge in [-0.1, -0.05) is 12.0 Å². The van der Waals surface area contributed by atoms with Crippen molar-refractivity contribution in [1.82, 2.24) is 10.3 Å². The standard InChI is InChI=1S/C12H11F3N2O2/c1-2-10-4-3-9(7-17-10)8-19-6-5-16-11(18)12(13,14)15/h1,3-4,7H,5-6,8H2,(H,16,18). The Bertz CT molecular complexity index is 463. The van der Waals surface area contributed by atoms with E-state index in [9.17, 15) is 18.0 Å². The van der Waals surface area contributed by atoms with Crippen LogP contribution in [0.4, 0.5) is 13.2 Å². The van der Waals surface area contributed by atoms with Gasteiger partial charge in [0, 0.05) is 12.7 Å². The third-order valence-electron chi connectivity index (χ3n) is 2.03. The first kappa shape index (κ1) is 15.0. The average Bonchev–Trinajstić information content (AvgIpc) is 2.37. The molecule has 7 heteroatoms. The van der Waals surface area contributed by atoms with Gasteiger partial charge in [0.1, 0.15) is 5.69 Å². The van der Waals surface area contributed by atoms with Crippen LogP contribution in [-0.4, -0.2) is 30.2 Å². The van der Waals surface area contributed by atoms with Gasteiger partial charge in [0.25, 0.3) is 0 Å². The molecule has 0 unspecified atom stereocenters. The van der Waals surface area contributed by atoms with Crippen molar-refractivity contribution >= 4 is 5.91 Å². The van der Waals surface area contributed by atoms with Crippen molar-refractivity contribution in [3.63, 3.8) is 0 Å². The van der Waals surface area contributed by atoms with Crippen LogP contribution < -0.4 is 5.32 Å². The van der Waals surface area contributed by atoms with Crippen LogP contribution in [0.15, 0.2) is 18.3 Å². The fourth-order valence-corrected chi connectivity index (χ4v) is 1.12. The Labute approximate surface area is 108 Å². The van der Waals surface area contributed by atoms with Gasteiger partial charge in [-0.2, -0.15) is 13.2 Å². The number of amides is 1. The molecule has 0 aliphatic rings. The summed E-state index contributed by atoms with van der Waals surface area (Å²) in [5.74, 6) is 0.375. The molecule has 0 radical (unpaired) electrons. The molecule has 1 aromatic rings. The molecule has 0 aromatic carbocycles. The summed E-state index contributed by atoms with van der Waals surface area (Å²) in [6, 6.07) is 3.33. The molecule has 1 N–H and O–H groups in total. The Hall–Kier alpha value is -2.07. The van der Waals surface area contributed by atoms with Crippen LogP contribution in [0.5, 0.6) is 0 Å². The number of hydrogen-bond acceptors (Lipinski definition) is 3. The minimum absolute atomic E-state index is 0.0291. The highest BCUT2D eigenvalue weighted by molar-refractivity contribution is 5.81. The summed E-state index contributed by atoms with van der Waals surface area (Å²) in [5, 5.41) is 1.70. The minimum Gasteiger partial charge on any atom is -0.375 e. The molecular weight excluding hydrogens is 261 g/mol. The highest BCUT2D eigenvalue weighted by atomic mass is 19.4. The van der Waals surface area contributed by atoms with E-state index in [1.165, 1.54) is 6.20 Å². The van der Waals surface area contributed by atoms with Gasteiger partial charge < -0.3 is 10.1 Å². The van der Waals surface area contributed by atoms with E-state index in [1.807, 2.05) is 0 Å². The maximum absolute atomic E-state index is 11.8. The summed E-state index contributed by atoms with van der Waals surface area (Å²) in [5.41, 5.74) is 1.22. The summed E-state index contributed by atoms with van der Waals surface area (Å²) < 4.78 is 40.5. The summed E-state index contributed by atoms with van der Waals surface area (Å²) in [6.45, 7) is -0.0628. The molecule has 1 heterocycles. The average molecular weight is 272 g/mol. The lowest BCUT2D eigenvalue weighted by Crippen LogP contribution is -2.38. The van der Waals surface area contributed by atoms with E-state index in [4.69, 9.17) is 11.2 Å². The van der Waals surface area contributed by atoms with Crippen LogP contribution in [0.3, 0.4) is 0 Å². The zero-order valence-electron chi connectivity index (χ0n) is 9.83. The smallest absolute Gasteiger partial charge is 0.375 e. The van der Waals surface area contributed by atoms with E-state index >= 15 is 0 Å². The minimum atomic E-state index is -4.87. The number of hydrogen-bond donors (Lipinski definition) is 1. The van der Waals surface area contributed by atoms with E-state index in [0.717, 1.165) is 5.56 Å². The summed E-state index contributed by atoms with van der Waals surface area (Å²) in [7, 11) is 0. The molecule has 0 saturated carbocycles. The van der Waals surface area contributed by atoms with Crippen LogP contribution in [0.1, 0.15) is 11.3 Å². The second kappa shape index (κ2) is 6.75. The number of ether oxygens (including phenoxy) is 1. The van der Waals surface area contributed by atoms with E-state index in [2.05, 4.69) is 10.9 Å². The lowest BCUT2D eigenvalue weighted by molar-refractivity contribution is -0.173. The van der Waals surface area contributed by atoms with Gasteiger partial charge in [-0.3, -0.25) is 4.79 Å². The number of rotatable bonds is 5. The number of nitrogens with zero attached hydrogens (tertiary/aromatic N) is 1. The number of alkyl halides is 3. The van der Waals surface area contributed by atoms with Crippen molar-refractivity contribution in [3.8, 4) is 12.3 Å². The van der Waals surface area contributed by atoms with Crippen molar-refractivity contribution in [2.45, 2.75) is 12.8 Å². The number of carbonyl (C=O) groups is 1. The molecule has 0 spiro atoms. The number of halogens is 3. The highest BCUT2D eigenvalue weighted by Gasteiger charge is 2.38. The van der Waals surface area contributed by atoms with Crippen LogP contribution in [-0.2, 0) is 16.1 Å². The number of pyridine rings is 1. The molecule has 0 bridgehead atoms. The van der Waals surface area contributed by atoms with Gasteiger partial charge in [-0.05, 0) is 11.6 Å². The number of carbonyl (C=O) groups excluding carboxylic acids is 1. The largest absolute Gasteiger partial charge is 0.471 e. The number of nitrogens with one attached hydrogen (secondary N) is 1. The normalized spacial score (nSPS) is 10.8. The molecule has 102 valence electrons. The number of terminal acetylenes is 1. The fraction of sp³-hybridized carbons (Fsp3) is 0.333. The van der Waals surface area contributed by atoms with Crippen molar-refractivity contribution < 1.29 is 22.7 Å². The summed E-state index contributed by atoms with van der Waals surface area (Å²) in [6.07, 6.45) is 1.78. The quantitative estimate of drug-likeness (QED) is 0.648. The first-order valence-electron chi connectivity index (χ1n) is 5.28. The molecule has 1 aromatic heterocycles. The molecule has 0 fully saturated rings. The maximum Gasteiger partial charge on any atom is 0.471 e. The molecule has 19 heavy (non-hydrogen) atoms. The van der Waals surface area contributed by atoms with Gasteiger partial charge in [-0.15, -0.1) is 6.42 Å². The van der Waals surface area contributed by atoms with Crippen molar-refractivity contribution in [3.05, 3.63) is 29.6 Å². The van der Waals surface area contributed by atoms with E-state index in [0.29, 0.717) is 5.69 Å². The van der Waals surface area contributed by atoms with Crippen molar-refractivity contribution in [2.24, 2.45) is 0 Å². The Morgan fingerprint density at radius 3 is 2.74 bits per heavy atom. The van der Waals surface area contributed by atoms with E-state index < -0.39 is 12.1 Å². The molecule has 1 amide bonds. The zero-order chi connectivity index (χ0) is 14.3.